The molecule has 3 heterocycles. The smallest absolute Gasteiger partial charge is 0.173 e. The first kappa shape index (κ1) is 19.8. The Kier molecular flexibility index (Phi) is 5.88. The third-order valence-electron chi connectivity index (χ3n) is 6.44. The predicted molar refractivity (Wildman–Crippen MR) is 115 cm³/mol. The van der Waals surface area contributed by atoms with Gasteiger partial charge in [-0.3, -0.25) is 9.80 Å². The van der Waals surface area contributed by atoms with E-state index in [1.165, 1.54) is 36.6 Å². The Labute approximate surface area is 180 Å². The number of halogens is 1. The van der Waals surface area contributed by atoms with E-state index < -0.39 is 0 Å². The Morgan fingerprint density at radius 1 is 1.03 bits per heavy atom. The van der Waals surface area contributed by atoms with E-state index in [2.05, 4.69) is 36.8 Å². The van der Waals surface area contributed by atoms with Crippen LogP contribution in [0.1, 0.15) is 48.0 Å². The highest BCUT2D eigenvalue weighted by atomic mass is 32.1. The lowest BCUT2D eigenvalue weighted by atomic mass is 10.0. The normalized spacial score (nSPS) is 20.0. The number of tetrazole rings is 1. The van der Waals surface area contributed by atoms with Crippen LogP contribution < -0.4 is 0 Å². The van der Waals surface area contributed by atoms with Crippen LogP contribution in [0, 0.1) is 5.82 Å². The second-order valence-corrected chi connectivity index (χ2v) is 9.24. The minimum Gasteiger partial charge on any atom is -0.298 e. The van der Waals surface area contributed by atoms with Gasteiger partial charge in [0.1, 0.15) is 11.9 Å². The fourth-order valence-electron chi connectivity index (χ4n) is 4.90. The monoisotopic (exact) mass is 426 g/mol. The van der Waals surface area contributed by atoms with Crippen molar-refractivity contribution in [3.05, 3.63) is 63.9 Å². The molecular formula is C22H27FN6S. The molecule has 1 saturated carbocycles. The summed E-state index contributed by atoms with van der Waals surface area (Å²) >= 11 is 1.68. The third kappa shape index (κ3) is 4.04. The fourth-order valence-corrected chi connectivity index (χ4v) is 5.58. The van der Waals surface area contributed by atoms with E-state index in [1.807, 2.05) is 22.9 Å². The van der Waals surface area contributed by atoms with Crippen LogP contribution in [0.25, 0.3) is 0 Å². The van der Waals surface area contributed by atoms with Crippen molar-refractivity contribution in [3.8, 4) is 0 Å². The molecule has 2 fully saturated rings. The average molecular weight is 427 g/mol. The standard InChI is InChI=1S/C22H27FN6S/c23-20-10-4-3-9-19(20)21(22-24-25-26-29(22)16-18-8-5-15-30-18)28-13-11-27(12-14-28)17-6-1-2-7-17/h3-5,8-10,15,17,21H,1-2,6-7,11-14,16H2. The van der Waals surface area contributed by atoms with Gasteiger partial charge in [-0.05, 0) is 40.8 Å². The van der Waals surface area contributed by atoms with Crippen molar-refractivity contribution in [2.75, 3.05) is 26.2 Å². The summed E-state index contributed by atoms with van der Waals surface area (Å²) in [5.74, 6) is 0.509. The van der Waals surface area contributed by atoms with Crippen LogP contribution in [0.3, 0.4) is 0 Å². The van der Waals surface area contributed by atoms with E-state index in [-0.39, 0.29) is 11.9 Å². The van der Waals surface area contributed by atoms with Crippen LogP contribution in [0.2, 0.25) is 0 Å². The summed E-state index contributed by atoms with van der Waals surface area (Å²) in [6.45, 7) is 4.42. The minimum atomic E-state index is -0.285. The molecule has 0 bridgehead atoms. The van der Waals surface area contributed by atoms with Gasteiger partial charge in [-0.15, -0.1) is 16.4 Å². The van der Waals surface area contributed by atoms with Crippen LogP contribution in [-0.4, -0.2) is 62.2 Å². The predicted octanol–water partition coefficient (Wildman–Crippen LogP) is 3.57. The number of nitrogens with zero attached hydrogens (tertiary/aromatic N) is 6. The SMILES string of the molecule is Fc1ccccc1C(c1nnnn1Cc1cccs1)N1CCN(C2CCCC2)CC1. The molecular weight excluding hydrogens is 399 g/mol. The minimum absolute atomic E-state index is 0.202. The lowest BCUT2D eigenvalue weighted by molar-refractivity contribution is 0.0762. The van der Waals surface area contributed by atoms with E-state index in [4.69, 9.17) is 0 Å². The highest BCUT2D eigenvalue weighted by molar-refractivity contribution is 7.09. The van der Waals surface area contributed by atoms with Gasteiger partial charge in [0.25, 0.3) is 0 Å². The van der Waals surface area contributed by atoms with Gasteiger partial charge in [0, 0.05) is 42.7 Å². The van der Waals surface area contributed by atoms with Crippen molar-refractivity contribution < 1.29 is 4.39 Å². The van der Waals surface area contributed by atoms with Crippen LogP contribution in [0.5, 0.6) is 0 Å². The maximum atomic E-state index is 14.9. The molecule has 8 heteroatoms. The van der Waals surface area contributed by atoms with Crippen molar-refractivity contribution >= 4 is 11.3 Å². The zero-order chi connectivity index (χ0) is 20.3. The van der Waals surface area contributed by atoms with Crippen molar-refractivity contribution in [2.45, 2.75) is 44.3 Å². The van der Waals surface area contributed by atoms with Crippen LogP contribution in [0.15, 0.2) is 41.8 Å². The number of thiophene rings is 1. The van der Waals surface area contributed by atoms with Crippen LogP contribution >= 0.6 is 11.3 Å². The number of piperazine rings is 1. The summed E-state index contributed by atoms with van der Waals surface area (Å²) in [5.41, 5.74) is 0.647. The molecule has 0 N–H and O–H groups in total. The Balaban J connectivity index is 1.43. The van der Waals surface area contributed by atoms with Gasteiger partial charge < -0.3 is 0 Å². The van der Waals surface area contributed by atoms with Gasteiger partial charge in [0.2, 0.25) is 0 Å². The highest BCUT2D eigenvalue weighted by Crippen LogP contribution is 2.32. The summed E-state index contributed by atoms with van der Waals surface area (Å²) in [5, 5.41) is 14.6. The summed E-state index contributed by atoms with van der Waals surface area (Å²) in [4.78, 5) is 6.15. The summed E-state index contributed by atoms with van der Waals surface area (Å²) in [6, 6.07) is 11.6. The molecule has 30 heavy (non-hydrogen) atoms. The molecule has 6 nitrogen and oxygen atoms in total. The van der Waals surface area contributed by atoms with Crippen molar-refractivity contribution in [1.82, 2.24) is 30.0 Å². The van der Waals surface area contributed by atoms with Gasteiger partial charge in [0.15, 0.2) is 5.82 Å². The van der Waals surface area contributed by atoms with Crippen molar-refractivity contribution in [2.24, 2.45) is 0 Å². The Bertz CT molecular complexity index is 944. The van der Waals surface area contributed by atoms with E-state index in [1.54, 1.807) is 17.4 Å². The molecule has 1 saturated heterocycles. The van der Waals surface area contributed by atoms with E-state index in [9.17, 15) is 4.39 Å². The van der Waals surface area contributed by atoms with E-state index >= 15 is 0 Å². The maximum absolute atomic E-state index is 14.9. The lowest BCUT2D eigenvalue weighted by Crippen LogP contribution is -2.51. The van der Waals surface area contributed by atoms with Crippen LogP contribution in [0.4, 0.5) is 4.39 Å². The molecule has 2 aliphatic rings. The molecule has 1 aliphatic heterocycles. The molecule has 1 aliphatic carbocycles. The topological polar surface area (TPSA) is 50.1 Å². The number of aromatic nitrogens is 4. The summed E-state index contributed by atoms with van der Waals surface area (Å²) < 4.78 is 16.7. The molecule has 2 aromatic heterocycles. The molecule has 5 rings (SSSR count). The molecule has 158 valence electrons. The first-order valence-corrected chi connectivity index (χ1v) is 11.7. The zero-order valence-corrected chi connectivity index (χ0v) is 17.8. The maximum Gasteiger partial charge on any atom is 0.173 e. The second kappa shape index (κ2) is 8.91. The molecule has 1 unspecified atom stereocenters. The highest BCUT2D eigenvalue weighted by Gasteiger charge is 2.34. The molecule has 0 amide bonds. The van der Waals surface area contributed by atoms with Crippen molar-refractivity contribution in [1.29, 1.82) is 0 Å². The first-order chi connectivity index (χ1) is 14.8. The van der Waals surface area contributed by atoms with Crippen molar-refractivity contribution in [3.63, 3.8) is 0 Å². The number of benzene rings is 1. The average Bonchev–Trinajstić information content (AvgIpc) is 3.54. The van der Waals surface area contributed by atoms with Gasteiger partial charge >= 0.3 is 0 Å². The number of hydrogen-bond acceptors (Lipinski definition) is 6. The van der Waals surface area contributed by atoms with Crippen LogP contribution in [-0.2, 0) is 6.54 Å². The Morgan fingerprint density at radius 2 is 1.83 bits per heavy atom. The lowest BCUT2D eigenvalue weighted by Gasteiger charge is -2.41. The number of hydrogen-bond donors (Lipinski definition) is 0. The molecule has 3 aromatic rings. The van der Waals surface area contributed by atoms with Gasteiger partial charge in [0.05, 0.1) is 6.54 Å². The summed E-state index contributed by atoms with van der Waals surface area (Å²) in [6.07, 6.45) is 5.33. The first-order valence-electron chi connectivity index (χ1n) is 10.8. The molecule has 0 radical (unpaired) electrons. The fraction of sp³-hybridized carbons (Fsp3) is 0.500. The largest absolute Gasteiger partial charge is 0.298 e. The second-order valence-electron chi connectivity index (χ2n) is 8.21. The zero-order valence-electron chi connectivity index (χ0n) is 17.0. The molecule has 0 spiro atoms. The van der Waals surface area contributed by atoms with Gasteiger partial charge in [-0.1, -0.05) is 37.1 Å². The van der Waals surface area contributed by atoms with E-state index in [0.717, 1.165) is 32.2 Å². The van der Waals surface area contributed by atoms with E-state index in [0.29, 0.717) is 17.9 Å². The molecule has 1 aromatic carbocycles. The quantitative estimate of drug-likeness (QED) is 0.603. The van der Waals surface area contributed by atoms with Gasteiger partial charge in [-0.2, -0.15) is 0 Å². The summed E-state index contributed by atoms with van der Waals surface area (Å²) in [7, 11) is 0. The van der Waals surface area contributed by atoms with Gasteiger partial charge in [-0.25, -0.2) is 9.07 Å². The Hall–Kier alpha value is -2.16. The number of rotatable bonds is 6. The Morgan fingerprint density at radius 3 is 2.57 bits per heavy atom. The third-order valence-corrected chi connectivity index (χ3v) is 7.31. The molecule has 1 atom stereocenters.